The Morgan fingerprint density at radius 1 is 1.30 bits per heavy atom. The van der Waals surface area contributed by atoms with Gasteiger partial charge in [-0.3, -0.25) is 9.78 Å². The number of aromatic nitrogens is 1. The van der Waals surface area contributed by atoms with Gasteiger partial charge in [0.25, 0.3) is 5.91 Å². The molecule has 6 heteroatoms. The number of benzene rings is 1. The molecule has 0 fully saturated rings. The first-order valence-electron chi connectivity index (χ1n) is 5.88. The molecule has 1 aromatic heterocycles. The highest BCUT2D eigenvalue weighted by molar-refractivity contribution is 9.10. The van der Waals surface area contributed by atoms with Gasteiger partial charge in [-0.2, -0.15) is 0 Å². The molecule has 0 aliphatic heterocycles. The van der Waals surface area contributed by atoms with Crippen LogP contribution in [0.3, 0.4) is 0 Å². The van der Waals surface area contributed by atoms with Crippen LogP contribution in [0.25, 0.3) is 0 Å². The normalized spacial score (nSPS) is 10.1. The summed E-state index contributed by atoms with van der Waals surface area (Å²) in [5, 5.41) is 2.72. The number of carbonyl (C=O) groups is 1. The van der Waals surface area contributed by atoms with Crippen molar-refractivity contribution in [1.82, 2.24) is 10.3 Å². The molecule has 104 valence electrons. The minimum Gasteiger partial charge on any atom is -0.483 e. The zero-order chi connectivity index (χ0) is 14.4. The predicted octanol–water partition coefficient (Wildman–Crippen LogP) is 2.68. The first-order valence-corrected chi connectivity index (χ1v) is 6.68. The Kier molecular flexibility index (Phi) is 5.06. The summed E-state index contributed by atoms with van der Waals surface area (Å²) in [6.07, 6.45) is 3.32. The molecule has 0 aliphatic carbocycles. The Hall–Kier alpha value is -1.95. The van der Waals surface area contributed by atoms with Crippen LogP contribution in [0.5, 0.6) is 5.75 Å². The van der Waals surface area contributed by atoms with Gasteiger partial charge in [-0.15, -0.1) is 0 Å². The number of hydrogen-bond acceptors (Lipinski definition) is 3. The smallest absolute Gasteiger partial charge is 0.258 e. The number of ether oxygens (including phenoxy) is 1. The summed E-state index contributed by atoms with van der Waals surface area (Å²) in [6, 6.07) is 7.66. The number of nitrogens with one attached hydrogen (secondary N) is 1. The van der Waals surface area contributed by atoms with Gasteiger partial charge in [0.1, 0.15) is 11.6 Å². The molecular weight excluding hydrogens is 327 g/mol. The van der Waals surface area contributed by atoms with Gasteiger partial charge in [0.2, 0.25) is 0 Å². The lowest BCUT2D eigenvalue weighted by molar-refractivity contribution is -0.123. The van der Waals surface area contributed by atoms with Crippen LogP contribution in [-0.2, 0) is 11.3 Å². The van der Waals surface area contributed by atoms with Gasteiger partial charge in [-0.25, -0.2) is 4.39 Å². The summed E-state index contributed by atoms with van der Waals surface area (Å²) >= 11 is 3.17. The van der Waals surface area contributed by atoms with Crippen LogP contribution in [-0.4, -0.2) is 17.5 Å². The number of nitrogens with zero attached hydrogens (tertiary/aromatic N) is 1. The lowest BCUT2D eigenvalue weighted by Crippen LogP contribution is -2.28. The summed E-state index contributed by atoms with van der Waals surface area (Å²) in [5.41, 5.74) is 0.955. The Morgan fingerprint density at radius 3 is 2.75 bits per heavy atom. The summed E-state index contributed by atoms with van der Waals surface area (Å²) < 4.78 is 18.7. The SMILES string of the molecule is O=C(COc1ccc(F)cc1Br)NCc1ccncc1. The molecule has 0 saturated heterocycles. The number of carbonyl (C=O) groups excluding carboxylic acids is 1. The molecule has 0 bridgehead atoms. The van der Waals surface area contributed by atoms with Crippen molar-refractivity contribution in [2.75, 3.05) is 6.61 Å². The van der Waals surface area contributed by atoms with Crippen molar-refractivity contribution in [3.05, 3.63) is 58.6 Å². The van der Waals surface area contributed by atoms with E-state index < -0.39 is 0 Å². The van der Waals surface area contributed by atoms with Gasteiger partial charge < -0.3 is 10.1 Å². The lowest BCUT2D eigenvalue weighted by Gasteiger charge is -2.09. The van der Waals surface area contributed by atoms with Crippen molar-refractivity contribution in [3.8, 4) is 5.75 Å². The molecule has 0 radical (unpaired) electrons. The molecular formula is C14H12BrFN2O2. The van der Waals surface area contributed by atoms with Gasteiger partial charge in [0, 0.05) is 18.9 Å². The summed E-state index contributed by atoms with van der Waals surface area (Å²) in [5.74, 6) is -0.199. The fourth-order valence-corrected chi connectivity index (χ4v) is 1.95. The molecule has 0 spiro atoms. The monoisotopic (exact) mass is 338 g/mol. The van der Waals surface area contributed by atoms with Crippen LogP contribution in [0.4, 0.5) is 4.39 Å². The van der Waals surface area contributed by atoms with Gasteiger partial charge in [0.05, 0.1) is 4.47 Å². The van der Waals surface area contributed by atoms with Crippen LogP contribution >= 0.6 is 15.9 Å². The number of halogens is 2. The van der Waals surface area contributed by atoms with Gasteiger partial charge in [0.15, 0.2) is 6.61 Å². The van der Waals surface area contributed by atoms with E-state index in [1.54, 1.807) is 12.4 Å². The van der Waals surface area contributed by atoms with Gasteiger partial charge >= 0.3 is 0 Å². The fraction of sp³-hybridized carbons (Fsp3) is 0.143. The third-order valence-corrected chi connectivity index (χ3v) is 3.11. The van der Waals surface area contributed by atoms with E-state index >= 15 is 0 Å². The van der Waals surface area contributed by atoms with E-state index in [4.69, 9.17) is 4.74 Å². The Labute approximate surface area is 124 Å². The first kappa shape index (κ1) is 14.5. The Bertz CT molecular complexity index is 593. The number of rotatable bonds is 5. The lowest BCUT2D eigenvalue weighted by atomic mass is 10.3. The fourth-order valence-electron chi connectivity index (χ4n) is 1.49. The molecule has 0 unspecified atom stereocenters. The van der Waals surface area contributed by atoms with Crippen LogP contribution in [0.1, 0.15) is 5.56 Å². The van der Waals surface area contributed by atoms with Crippen molar-refractivity contribution >= 4 is 21.8 Å². The van der Waals surface area contributed by atoms with Crippen molar-refractivity contribution in [3.63, 3.8) is 0 Å². The predicted molar refractivity (Wildman–Crippen MR) is 75.7 cm³/mol. The molecule has 0 saturated carbocycles. The van der Waals surface area contributed by atoms with Crippen LogP contribution < -0.4 is 10.1 Å². The van der Waals surface area contributed by atoms with E-state index in [1.165, 1.54) is 18.2 Å². The molecule has 20 heavy (non-hydrogen) atoms. The number of pyridine rings is 1. The molecule has 0 atom stereocenters. The third-order valence-electron chi connectivity index (χ3n) is 2.49. The van der Waals surface area contributed by atoms with E-state index in [9.17, 15) is 9.18 Å². The minimum atomic E-state index is -0.369. The van der Waals surface area contributed by atoms with E-state index in [-0.39, 0.29) is 18.3 Å². The summed E-state index contributed by atoms with van der Waals surface area (Å²) in [4.78, 5) is 15.5. The van der Waals surface area contributed by atoms with E-state index in [2.05, 4.69) is 26.2 Å². The number of hydrogen-bond donors (Lipinski definition) is 1. The summed E-state index contributed by atoms with van der Waals surface area (Å²) in [6.45, 7) is 0.282. The molecule has 0 aliphatic rings. The molecule has 1 N–H and O–H groups in total. The molecule has 1 amide bonds. The second-order valence-electron chi connectivity index (χ2n) is 4.00. The average molecular weight is 339 g/mol. The topological polar surface area (TPSA) is 51.2 Å². The largest absolute Gasteiger partial charge is 0.483 e. The minimum absolute atomic E-state index is 0.130. The standard InChI is InChI=1S/C14H12BrFN2O2/c15-12-7-11(16)1-2-13(12)20-9-14(19)18-8-10-3-5-17-6-4-10/h1-7H,8-9H2,(H,18,19). The highest BCUT2D eigenvalue weighted by atomic mass is 79.9. The van der Waals surface area contributed by atoms with Gasteiger partial charge in [-0.05, 0) is 51.8 Å². The Morgan fingerprint density at radius 2 is 2.05 bits per heavy atom. The molecule has 4 nitrogen and oxygen atoms in total. The maximum atomic E-state index is 12.9. The van der Waals surface area contributed by atoms with Crippen LogP contribution in [0, 0.1) is 5.82 Å². The van der Waals surface area contributed by atoms with Crippen molar-refractivity contribution < 1.29 is 13.9 Å². The van der Waals surface area contributed by atoms with Gasteiger partial charge in [-0.1, -0.05) is 0 Å². The van der Waals surface area contributed by atoms with Crippen LogP contribution in [0.2, 0.25) is 0 Å². The van der Waals surface area contributed by atoms with E-state index in [0.29, 0.717) is 16.8 Å². The van der Waals surface area contributed by atoms with Crippen LogP contribution in [0.15, 0.2) is 47.2 Å². The zero-order valence-electron chi connectivity index (χ0n) is 10.5. The molecule has 1 aromatic carbocycles. The zero-order valence-corrected chi connectivity index (χ0v) is 12.1. The molecule has 2 aromatic rings. The van der Waals surface area contributed by atoms with E-state index in [1.807, 2.05) is 12.1 Å². The highest BCUT2D eigenvalue weighted by Crippen LogP contribution is 2.25. The first-order chi connectivity index (χ1) is 9.65. The van der Waals surface area contributed by atoms with Crippen molar-refractivity contribution in [1.29, 1.82) is 0 Å². The second-order valence-corrected chi connectivity index (χ2v) is 4.85. The quantitative estimate of drug-likeness (QED) is 0.911. The maximum absolute atomic E-state index is 12.9. The number of amides is 1. The highest BCUT2D eigenvalue weighted by Gasteiger charge is 2.06. The van der Waals surface area contributed by atoms with Crippen molar-refractivity contribution in [2.24, 2.45) is 0 Å². The summed E-state index contributed by atoms with van der Waals surface area (Å²) in [7, 11) is 0. The Balaban J connectivity index is 1.80. The average Bonchev–Trinajstić information content (AvgIpc) is 2.45. The molecule has 1 heterocycles. The third kappa shape index (κ3) is 4.31. The maximum Gasteiger partial charge on any atom is 0.258 e. The van der Waals surface area contributed by atoms with Crippen molar-refractivity contribution in [2.45, 2.75) is 6.54 Å². The van der Waals surface area contributed by atoms with E-state index in [0.717, 1.165) is 5.56 Å². The molecule has 2 rings (SSSR count). The second kappa shape index (κ2) is 7.00.